The highest BCUT2D eigenvalue weighted by atomic mass is 15.2. The summed E-state index contributed by atoms with van der Waals surface area (Å²) in [7, 11) is 0. The molecule has 1 heterocycles. The van der Waals surface area contributed by atoms with Gasteiger partial charge in [-0.2, -0.15) is 0 Å². The van der Waals surface area contributed by atoms with E-state index >= 15 is 0 Å². The summed E-state index contributed by atoms with van der Waals surface area (Å²) in [5.74, 6) is 1.78. The molecule has 0 amide bonds. The Labute approximate surface area is 81.8 Å². The first-order chi connectivity index (χ1) is 6.27. The lowest BCUT2D eigenvalue weighted by molar-refractivity contribution is 0.257. The van der Waals surface area contributed by atoms with Crippen molar-refractivity contribution in [2.24, 2.45) is 5.92 Å². The molecule has 13 heavy (non-hydrogen) atoms. The zero-order chi connectivity index (χ0) is 9.68. The summed E-state index contributed by atoms with van der Waals surface area (Å²) in [5.41, 5.74) is 0. The van der Waals surface area contributed by atoms with Gasteiger partial charge in [0.15, 0.2) is 0 Å². The molecule has 1 aliphatic heterocycles. The lowest BCUT2D eigenvalue weighted by Crippen LogP contribution is -2.37. The van der Waals surface area contributed by atoms with Gasteiger partial charge in [-0.15, -0.1) is 0 Å². The van der Waals surface area contributed by atoms with Crippen molar-refractivity contribution >= 4 is 5.84 Å². The van der Waals surface area contributed by atoms with E-state index in [1.807, 2.05) is 0 Å². The maximum atomic E-state index is 7.83. The molecule has 2 heteroatoms. The van der Waals surface area contributed by atoms with Crippen LogP contribution in [0.3, 0.4) is 0 Å². The van der Waals surface area contributed by atoms with Crippen LogP contribution < -0.4 is 0 Å². The lowest BCUT2D eigenvalue weighted by atomic mass is 9.94. The van der Waals surface area contributed by atoms with Gasteiger partial charge in [-0.1, -0.05) is 20.3 Å². The standard InChI is InChI=1S/C11H22N2/c1-3-5-11(12)13-8-6-10(4-2)7-9-13/h10,12H,3-9H2,1-2H3. The maximum absolute atomic E-state index is 7.83. The van der Waals surface area contributed by atoms with Crippen molar-refractivity contribution in [1.29, 1.82) is 5.41 Å². The third kappa shape index (κ3) is 3.02. The highest BCUT2D eigenvalue weighted by Crippen LogP contribution is 2.20. The molecule has 1 rings (SSSR count). The summed E-state index contributed by atoms with van der Waals surface area (Å²) >= 11 is 0. The van der Waals surface area contributed by atoms with Crippen molar-refractivity contribution < 1.29 is 0 Å². The van der Waals surface area contributed by atoms with Gasteiger partial charge >= 0.3 is 0 Å². The second kappa shape index (κ2) is 5.25. The van der Waals surface area contributed by atoms with E-state index in [-0.39, 0.29) is 0 Å². The Morgan fingerprint density at radius 1 is 1.31 bits per heavy atom. The van der Waals surface area contributed by atoms with Crippen LogP contribution in [0.25, 0.3) is 0 Å². The average Bonchev–Trinajstić information content (AvgIpc) is 2.18. The van der Waals surface area contributed by atoms with Gasteiger partial charge < -0.3 is 4.90 Å². The summed E-state index contributed by atoms with van der Waals surface area (Å²) < 4.78 is 0. The summed E-state index contributed by atoms with van der Waals surface area (Å²) in [6, 6.07) is 0. The van der Waals surface area contributed by atoms with Crippen LogP contribution in [0.5, 0.6) is 0 Å². The van der Waals surface area contributed by atoms with Crippen LogP contribution in [0, 0.1) is 11.3 Å². The molecule has 1 aliphatic rings. The molecule has 0 unspecified atom stereocenters. The van der Waals surface area contributed by atoms with Crippen molar-refractivity contribution in [3.8, 4) is 0 Å². The minimum absolute atomic E-state index is 0.858. The molecule has 1 fully saturated rings. The van der Waals surface area contributed by atoms with Crippen LogP contribution in [0.2, 0.25) is 0 Å². The van der Waals surface area contributed by atoms with Gasteiger partial charge in [-0.3, -0.25) is 5.41 Å². The number of amidine groups is 1. The predicted octanol–water partition coefficient (Wildman–Crippen LogP) is 2.89. The Morgan fingerprint density at radius 3 is 2.38 bits per heavy atom. The van der Waals surface area contributed by atoms with Crippen molar-refractivity contribution in [2.75, 3.05) is 13.1 Å². The highest BCUT2D eigenvalue weighted by Gasteiger charge is 2.18. The molecule has 0 aromatic rings. The molecular weight excluding hydrogens is 160 g/mol. The number of hydrogen-bond donors (Lipinski definition) is 1. The summed E-state index contributed by atoms with van der Waals surface area (Å²) in [6.45, 7) is 6.67. The molecule has 0 atom stereocenters. The van der Waals surface area contributed by atoms with Gasteiger partial charge in [0.25, 0.3) is 0 Å². The molecule has 2 nitrogen and oxygen atoms in total. The second-order valence-corrected chi connectivity index (χ2v) is 4.04. The van der Waals surface area contributed by atoms with Gasteiger partial charge in [-0.25, -0.2) is 0 Å². The van der Waals surface area contributed by atoms with E-state index in [1.165, 1.54) is 19.3 Å². The molecule has 0 aromatic carbocycles. The Hall–Kier alpha value is -0.530. The van der Waals surface area contributed by atoms with Crippen molar-refractivity contribution in [2.45, 2.75) is 46.0 Å². The van der Waals surface area contributed by atoms with Gasteiger partial charge in [0.2, 0.25) is 0 Å². The van der Waals surface area contributed by atoms with Crippen LogP contribution >= 0.6 is 0 Å². The Kier molecular flexibility index (Phi) is 4.26. The van der Waals surface area contributed by atoms with Crippen molar-refractivity contribution in [3.05, 3.63) is 0 Å². The summed E-state index contributed by atoms with van der Waals surface area (Å²) in [6.07, 6.45) is 5.96. The first-order valence-electron chi connectivity index (χ1n) is 5.60. The van der Waals surface area contributed by atoms with Gasteiger partial charge in [0.1, 0.15) is 0 Å². The zero-order valence-electron chi connectivity index (χ0n) is 8.97. The zero-order valence-corrected chi connectivity index (χ0v) is 8.97. The number of hydrogen-bond acceptors (Lipinski definition) is 1. The van der Waals surface area contributed by atoms with Crippen LogP contribution in [-0.2, 0) is 0 Å². The van der Waals surface area contributed by atoms with E-state index in [2.05, 4.69) is 18.7 Å². The number of likely N-dealkylation sites (tertiary alicyclic amines) is 1. The van der Waals surface area contributed by atoms with E-state index in [1.54, 1.807) is 0 Å². The molecular formula is C11H22N2. The average molecular weight is 182 g/mol. The second-order valence-electron chi connectivity index (χ2n) is 4.04. The fourth-order valence-electron chi connectivity index (χ4n) is 2.01. The largest absolute Gasteiger partial charge is 0.361 e. The van der Waals surface area contributed by atoms with Crippen LogP contribution in [0.1, 0.15) is 46.0 Å². The first kappa shape index (κ1) is 10.6. The van der Waals surface area contributed by atoms with Gasteiger partial charge in [0.05, 0.1) is 5.84 Å². The molecule has 0 aliphatic carbocycles. The van der Waals surface area contributed by atoms with Gasteiger partial charge in [-0.05, 0) is 25.2 Å². The molecule has 0 radical (unpaired) electrons. The summed E-state index contributed by atoms with van der Waals surface area (Å²) in [5, 5.41) is 7.83. The van der Waals surface area contributed by atoms with E-state index in [9.17, 15) is 0 Å². The Bertz CT molecular complexity index is 157. The SMILES string of the molecule is CCCC(=N)N1CCC(CC)CC1. The third-order valence-corrected chi connectivity index (χ3v) is 3.06. The normalized spacial score (nSPS) is 19.1. The number of nitrogens with zero attached hydrogens (tertiary/aromatic N) is 1. The smallest absolute Gasteiger partial charge is 0.0957 e. The van der Waals surface area contributed by atoms with E-state index in [4.69, 9.17) is 5.41 Å². The lowest BCUT2D eigenvalue weighted by Gasteiger charge is -2.33. The fraction of sp³-hybridized carbons (Fsp3) is 0.909. The topological polar surface area (TPSA) is 27.1 Å². The van der Waals surface area contributed by atoms with E-state index < -0.39 is 0 Å². The predicted molar refractivity (Wildman–Crippen MR) is 57.2 cm³/mol. The monoisotopic (exact) mass is 182 g/mol. The molecule has 1 N–H and O–H groups in total. The summed E-state index contributed by atoms with van der Waals surface area (Å²) in [4.78, 5) is 2.26. The highest BCUT2D eigenvalue weighted by molar-refractivity contribution is 5.79. The maximum Gasteiger partial charge on any atom is 0.0957 e. The quantitative estimate of drug-likeness (QED) is 0.527. The minimum Gasteiger partial charge on any atom is -0.361 e. The van der Waals surface area contributed by atoms with E-state index in [0.717, 1.165) is 37.7 Å². The van der Waals surface area contributed by atoms with Crippen molar-refractivity contribution in [1.82, 2.24) is 4.90 Å². The van der Waals surface area contributed by atoms with Crippen LogP contribution in [0.4, 0.5) is 0 Å². The Balaban J connectivity index is 2.28. The number of rotatable bonds is 3. The van der Waals surface area contributed by atoms with Crippen molar-refractivity contribution in [3.63, 3.8) is 0 Å². The van der Waals surface area contributed by atoms with Gasteiger partial charge in [0, 0.05) is 19.5 Å². The molecule has 0 saturated carbocycles. The number of piperidine rings is 1. The third-order valence-electron chi connectivity index (χ3n) is 3.06. The Morgan fingerprint density at radius 2 is 1.92 bits per heavy atom. The molecule has 1 saturated heterocycles. The molecule has 0 bridgehead atoms. The first-order valence-corrected chi connectivity index (χ1v) is 5.60. The fourth-order valence-corrected chi connectivity index (χ4v) is 2.01. The molecule has 0 spiro atoms. The van der Waals surface area contributed by atoms with Crippen LogP contribution in [-0.4, -0.2) is 23.8 Å². The molecule has 0 aromatic heterocycles. The molecule has 76 valence electrons. The van der Waals surface area contributed by atoms with Crippen LogP contribution in [0.15, 0.2) is 0 Å². The van der Waals surface area contributed by atoms with E-state index in [0.29, 0.717) is 0 Å². The number of nitrogens with one attached hydrogen (secondary N) is 1. The minimum atomic E-state index is 0.858.